The third kappa shape index (κ3) is 1.18. The molecule has 0 aliphatic carbocycles. The largest absolute Gasteiger partial charge is 0.307 e. The monoisotopic (exact) mass is 140 g/mol. The van der Waals surface area contributed by atoms with Crippen molar-refractivity contribution in [1.29, 1.82) is 5.26 Å². The molecule has 0 spiro atoms. The lowest BCUT2D eigenvalue weighted by atomic mass is 10.7. The molecule has 0 aromatic carbocycles. The molecule has 0 unspecified atom stereocenters. The molecule has 1 rings (SSSR count). The number of nitriles is 1. The molecule has 0 amide bonds. The van der Waals surface area contributed by atoms with Gasteiger partial charge in [0.15, 0.2) is 0 Å². The second-order valence-corrected chi connectivity index (χ2v) is 2.31. The van der Waals surface area contributed by atoms with E-state index in [-0.39, 0.29) is 11.4 Å². The van der Waals surface area contributed by atoms with Gasteiger partial charge in [0.25, 0.3) is 0 Å². The topological polar surface area (TPSA) is 45.8 Å². The van der Waals surface area contributed by atoms with Crippen LogP contribution >= 0.6 is 11.3 Å². The van der Waals surface area contributed by atoms with E-state index in [0.29, 0.717) is 0 Å². The molecule has 0 aliphatic rings. The van der Waals surface area contributed by atoms with Crippen LogP contribution in [0.2, 0.25) is 0 Å². The van der Waals surface area contributed by atoms with Crippen LogP contribution in [0.15, 0.2) is 16.4 Å². The van der Waals surface area contributed by atoms with Crippen LogP contribution in [0.3, 0.4) is 0 Å². The van der Waals surface area contributed by atoms with Crippen LogP contribution in [0.4, 0.5) is 0 Å². The SMILES string of the molecule is N#CCn1ccsc1=O. The Morgan fingerprint density at radius 1 is 1.89 bits per heavy atom. The van der Waals surface area contributed by atoms with Gasteiger partial charge in [-0.15, -0.1) is 0 Å². The van der Waals surface area contributed by atoms with Gasteiger partial charge in [0, 0.05) is 11.6 Å². The maximum atomic E-state index is 10.6. The Morgan fingerprint density at radius 2 is 2.67 bits per heavy atom. The van der Waals surface area contributed by atoms with Gasteiger partial charge in [-0.3, -0.25) is 9.36 Å². The van der Waals surface area contributed by atoms with Gasteiger partial charge in [0.1, 0.15) is 6.54 Å². The van der Waals surface area contributed by atoms with Crippen LogP contribution in [0.25, 0.3) is 0 Å². The Morgan fingerprint density at radius 3 is 3.11 bits per heavy atom. The zero-order chi connectivity index (χ0) is 6.69. The summed E-state index contributed by atoms with van der Waals surface area (Å²) in [6.45, 7) is 0.155. The number of aromatic nitrogens is 1. The minimum atomic E-state index is -0.0726. The van der Waals surface area contributed by atoms with Gasteiger partial charge in [0.2, 0.25) is 0 Å². The van der Waals surface area contributed by atoms with Gasteiger partial charge in [0.05, 0.1) is 6.07 Å². The quantitative estimate of drug-likeness (QED) is 0.568. The van der Waals surface area contributed by atoms with Gasteiger partial charge in [-0.05, 0) is 0 Å². The molecule has 0 fully saturated rings. The molecule has 9 heavy (non-hydrogen) atoms. The molecular formula is C5H4N2OS. The van der Waals surface area contributed by atoms with Crippen LogP contribution in [-0.2, 0) is 6.54 Å². The Hall–Kier alpha value is -1.08. The normalized spacial score (nSPS) is 8.78. The molecule has 4 heteroatoms. The highest BCUT2D eigenvalue weighted by atomic mass is 32.1. The summed E-state index contributed by atoms with van der Waals surface area (Å²) in [5, 5.41) is 9.82. The maximum absolute atomic E-state index is 10.6. The Bertz CT molecular complexity index is 280. The average Bonchev–Trinajstić information content (AvgIpc) is 2.18. The van der Waals surface area contributed by atoms with E-state index in [9.17, 15) is 4.79 Å². The number of nitrogens with zero attached hydrogens (tertiary/aromatic N) is 2. The Kier molecular flexibility index (Phi) is 1.66. The summed E-state index contributed by atoms with van der Waals surface area (Å²) in [4.78, 5) is 10.6. The van der Waals surface area contributed by atoms with Gasteiger partial charge < -0.3 is 0 Å². The van der Waals surface area contributed by atoms with Gasteiger partial charge in [-0.25, -0.2) is 0 Å². The van der Waals surface area contributed by atoms with Crippen molar-refractivity contribution < 1.29 is 0 Å². The molecule has 3 nitrogen and oxygen atoms in total. The van der Waals surface area contributed by atoms with Crippen LogP contribution in [0, 0.1) is 11.3 Å². The summed E-state index contributed by atoms with van der Waals surface area (Å²) in [5.74, 6) is 0. The highest BCUT2D eigenvalue weighted by Gasteiger charge is 1.91. The summed E-state index contributed by atoms with van der Waals surface area (Å²) in [6.07, 6.45) is 1.61. The van der Waals surface area contributed by atoms with Crippen LogP contribution in [-0.4, -0.2) is 4.57 Å². The number of hydrogen-bond acceptors (Lipinski definition) is 3. The molecule has 1 aromatic heterocycles. The molecule has 1 heterocycles. The Balaban J connectivity index is 2.98. The van der Waals surface area contributed by atoms with Crippen LogP contribution in [0.1, 0.15) is 0 Å². The van der Waals surface area contributed by atoms with E-state index in [0.717, 1.165) is 11.3 Å². The third-order valence-electron chi connectivity index (χ3n) is 0.885. The van der Waals surface area contributed by atoms with Crippen molar-refractivity contribution in [3.05, 3.63) is 21.2 Å². The first-order valence-electron chi connectivity index (χ1n) is 2.35. The van der Waals surface area contributed by atoms with Crippen molar-refractivity contribution in [3.8, 4) is 6.07 Å². The highest BCUT2D eigenvalue weighted by Crippen LogP contribution is 1.86. The summed E-state index contributed by atoms with van der Waals surface area (Å²) in [6, 6.07) is 1.88. The average molecular weight is 140 g/mol. The molecule has 0 N–H and O–H groups in total. The fraction of sp³-hybridized carbons (Fsp3) is 0.200. The van der Waals surface area contributed by atoms with Gasteiger partial charge in [-0.2, -0.15) is 5.26 Å². The lowest BCUT2D eigenvalue weighted by Crippen LogP contribution is -2.09. The first kappa shape index (κ1) is 6.05. The van der Waals surface area contributed by atoms with Crippen LogP contribution < -0.4 is 4.87 Å². The van der Waals surface area contributed by atoms with Crippen molar-refractivity contribution in [2.24, 2.45) is 0 Å². The number of thiazole rings is 1. The van der Waals surface area contributed by atoms with E-state index in [1.54, 1.807) is 11.6 Å². The molecular weight excluding hydrogens is 136 g/mol. The van der Waals surface area contributed by atoms with E-state index in [1.165, 1.54) is 4.57 Å². The number of rotatable bonds is 1. The summed E-state index contributed by atoms with van der Waals surface area (Å²) in [7, 11) is 0. The standard InChI is InChI=1S/C5H4N2OS/c6-1-2-7-3-4-9-5(7)8/h3-4H,2H2. The lowest BCUT2D eigenvalue weighted by molar-refractivity contribution is 0.816. The van der Waals surface area contributed by atoms with Gasteiger partial charge >= 0.3 is 4.87 Å². The zero-order valence-electron chi connectivity index (χ0n) is 4.57. The molecule has 0 radical (unpaired) electrons. The van der Waals surface area contributed by atoms with Crippen molar-refractivity contribution in [3.63, 3.8) is 0 Å². The minimum Gasteiger partial charge on any atom is -0.292 e. The Labute approximate surface area is 55.8 Å². The van der Waals surface area contributed by atoms with E-state index >= 15 is 0 Å². The molecule has 0 bridgehead atoms. The van der Waals surface area contributed by atoms with Gasteiger partial charge in [-0.1, -0.05) is 11.3 Å². The van der Waals surface area contributed by atoms with Crippen molar-refractivity contribution in [2.75, 3.05) is 0 Å². The van der Waals surface area contributed by atoms with E-state index in [4.69, 9.17) is 5.26 Å². The summed E-state index contributed by atoms with van der Waals surface area (Å²) in [5.41, 5.74) is 0. The number of hydrogen-bond donors (Lipinski definition) is 0. The van der Waals surface area contributed by atoms with Crippen molar-refractivity contribution >= 4 is 11.3 Å². The molecule has 0 saturated heterocycles. The molecule has 0 atom stereocenters. The maximum Gasteiger partial charge on any atom is 0.307 e. The summed E-state index contributed by atoms with van der Waals surface area (Å²) >= 11 is 1.10. The molecule has 1 aromatic rings. The lowest BCUT2D eigenvalue weighted by Gasteiger charge is -1.85. The van der Waals surface area contributed by atoms with Crippen molar-refractivity contribution in [1.82, 2.24) is 4.57 Å². The molecule has 0 saturated carbocycles. The predicted octanol–water partition coefficient (Wildman–Crippen LogP) is 0.433. The first-order valence-corrected chi connectivity index (χ1v) is 3.23. The molecule has 46 valence electrons. The van der Waals surface area contributed by atoms with Crippen LogP contribution in [0.5, 0.6) is 0 Å². The highest BCUT2D eigenvalue weighted by molar-refractivity contribution is 7.07. The second kappa shape index (κ2) is 2.46. The smallest absolute Gasteiger partial charge is 0.292 e. The fourth-order valence-corrected chi connectivity index (χ4v) is 1.07. The molecule has 0 aliphatic heterocycles. The third-order valence-corrected chi connectivity index (χ3v) is 1.58. The minimum absolute atomic E-state index is 0.0726. The first-order chi connectivity index (χ1) is 4.34. The second-order valence-electron chi connectivity index (χ2n) is 1.45. The summed E-state index contributed by atoms with van der Waals surface area (Å²) < 4.78 is 1.37. The fourth-order valence-electron chi connectivity index (χ4n) is 0.484. The van der Waals surface area contributed by atoms with E-state index in [1.807, 2.05) is 6.07 Å². The van der Waals surface area contributed by atoms with E-state index in [2.05, 4.69) is 0 Å². The zero-order valence-corrected chi connectivity index (χ0v) is 5.39. The van der Waals surface area contributed by atoms with Crippen molar-refractivity contribution in [2.45, 2.75) is 6.54 Å². The predicted molar refractivity (Wildman–Crippen MR) is 34.2 cm³/mol. The van der Waals surface area contributed by atoms with E-state index < -0.39 is 0 Å².